The van der Waals surface area contributed by atoms with Gasteiger partial charge in [0.05, 0.1) is 6.54 Å². The van der Waals surface area contributed by atoms with Crippen LogP contribution in [0.5, 0.6) is 5.75 Å². The van der Waals surface area contributed by atoms with Crippen LogP contribution in [-0.2, 0) is 9.53 Å². The third kappa shape index (κ3) is 7.76. The van der Waals surface area contributed by atoms with Gasteiger partial charge >= 0.3 is 12.1 Å². The molecule has 0 spiro atoms. The molecule has 1 rings (SSSR count). The molecular weight excluding hydrogens is 366 g/mol. The van der Waals surface area contributed by atoms with Crippen LogP contribution >= 0.6 is 0 Å². The molecule has 0 unspecified atom stereocenters. The minimum absolute atomic E-state index is 0. The quantitative estimate of drug-likeness (QED) is 0.318. The lowest BCUT2D eigenvalue weighted by atomic mass is 9.81. The molecule has 5 heteroatoms. The van der Waals surface area contributed by atoms with Gasteiger partial charge in [0.2, 0.25) is 0 Å². The van der Waals surface area contributed by atoms with Gasteiger partial charge in [0.1, 0.15) is 12.4 Å². The first kappa shape index (κ1) is 24.5. The normalized spacial score (nSPS) is 10.8. The van der Waals surface area contributed by atoms with Crippen LogP contribution < -0.4 is 10.1 Å². The van der Waals surface area contributed by atoms with Gasteiger partial charge in [0, 0.05) is 7.00 Å². The molecule has 29 heavy (non-hydrogen) atoms. The number of benzene rings is 1. The number of hydrogen-bond acceptors (Lipinski definition) is 4. The molecule has 0 saturated carbocycles. The van der Waals surface area contributed by atoms with Gasteiger partial charge in [-0.3, -0.25) is 0 Å². The molecule has 0 fully saturated rings. The third-order valence-corrected chi connectivity index (χ3v) is 4.46. The molecule has 5 nitrogen and oxygen atoms in total. The lowest BCUT2D eigenvalue weighted by molar-refractivity contribution is -0.138. The highest BCUT2D eigenvalue weighted by molar-refractivity contribution is 5.86. The summed E-state index contributed by atoms with van der Waals surface area (Å²) in [5.74, 6) is 1.31. The highest BCUT2D eigenvalue weighted by Crippen LogP contribution is 2.35. The predicted molar refractivity (Wildman–Crippen MR) is 120 cm³/mol. The van der Waals surface area contributed by atoms with Crippen molar-refractivity contribution in [3.8, 4) is 5.75 Å². The second kappa shape index (κ2) is 11.4. The van der Waals surface area contributed by atoms with Crippen LogP contribution in [0.1, 0.15) is 55.5 Å². The van der Waals surface area contributed by atoms with Gasteiger partial charge in [-0.25, -0.2) is 9.59 Å². The zero-order valence-corrected chi connectivity index (χ0v) is 18.8. The minimum atomic E-state index is -0.589. The number of nitrogens with one attached hydrogen (secondary N) is 1. The maximum Gasteiger partial charge on any atom is 0.412 e. The number of carbonyl (C=O) groups is 2. The van der Waals surface area contributed by atoms with Gasteiger partial charge in [0.25, 0.3) is 0 Å². The van der Waals surface area contributed by atoms with E-state index in [2.05, 4.69) is 53.4 Å². The average Bonchev–Trinajstić information content (AvgIpc) is 2.62. The first-order chi connectivity index (χ1) is 13.5. The molecule has 0 aliphatic heterocycles. The van der Waals surface area contributed by atoms with Crippen LogP contribution in [0.25, 0.3) is 5.57 Å². The van der Waals surface area contributed by atoms with E-state index < -0.39 is 12.1 Å². The molecule has 0 saturated heterocycles. The molecule has 0 heterocycles. The summed E-state index contributed by atoms with van der Waals surface area (Å²) in [4.78, 5) is 23.2. The van der Waals surface area contributed by atoms with E-state index in [9.17, 15) is 9.59 Å². The van der Waals surface area contributed by atoms with E-state index in [4.69, 9.17) is 9.47 Å². The number of amides is 1. The van der Waals surface area contributed by atoms with E-state index in [0.717, 1.165) is 5.56 Å². The van der Waals surface area contributed by atoms with Crippen LogP contribution in [0, 0.1) is 17.8 Å². The summed E-state index contributed by atoms with van der Waals surface area (Å²) in [6.45, 7) is 18.6. The van der Waals surface area contributed by atoms with Gasteiger partial charge in [-0.15, -0.1) is 0 Å². The predicted octanol–water partition coefficient (Wildman–Crippen LogP) is 5.86. The second-order valence-electron chi connectivity index (χ2n) is 8.09. The van der Waals surface area contributed by atoms with Gasteiger partial charge in [-0.05, 0) is 47.9 Å². The minimum Gasteiger partial charge on any atom is -0.460 e. The summed E-state index contributed by atoms with van der Waals surface area (Å²) >= 11 is 0. The van der Waals surface area contributed by atoms with Crippen LogP contribution in [0.4, 0.5) is 4.79 Å². The van der Waals surface area contributed by atoms with E-state index >= 15 is 0 Å². The first-order valence-corrected chi connectivity index (χ1v) is 10.2. The maximum atomic E-state index is 11.9. The molecular formula is C24H37NO4. The lowest BCUT2D eigenvalue weighted by Crippen LogP contribution is -2.30. The zero-order chi connectivity index (χ0) is 22.1. The molecule has 0 bridgehead atoms. The molecule has 1 aromatic rings. The Bertz CT molecular complexity index is 739. The maximum absolute atomic E-state index is 11.9. The summed E-state index contributed by atoms with van der Waals surface area (Å²) in [6, 6.07) is 7.60. The van der Waals surface area contributed by atoms with Crippen molar-refractivity contribution in [3.05, 3.63) is 47.6 Å². The van der Waals surface area contributed by atoms with Crippen molar-refractivity contribution in [2.75, 3.05) is 13.2 Å². The number of carbonyl (C=O) groups excluding carboxylic acids is 2. The Hall–Kier alpha value is -2.56. The van der Waals surface area contributed by atoms with Crippen molar-refractivity contribution in [2.45, 2.75) is 48.5 Å². The van der Waals surface area contributed by atoms with Crippen LogP contribution in [0.15, 0.2) is 42.0 Å². The monoisotopic (exact) mass is 403 g/mol. The fourth-order valence-electron chi connectivity index (χ4n) is 3.39. The number of allylic oxidation sites excluding steroid dienone is 2. The van der Waals surface area contributed by atoms with Crippen molar-refractivity contribution < 1.29 is 20.5 Å². The Morgan fingerprint density at radius 1 is 1.00 bits per heavy atom. The summed E-state index contributed by atoms with van der Waals surface area (Å²) in [6.07, 6.45) is -0.589. The topological polar surface area (TPSA) is 64.6 Å². The van der Waals surface area contributed by atoms with Crippen molar-refractivity contribution in [1.82, 2.24) is 5.32 Å². The Morgan fingerprint density at radius 2 is 1.55 bits per heavy atom. The van der Waals surface area contributed by atoms with E-state index in [1.54, 1.807) is 19.1 Å². The van der Waals surface area contributed by atoms with Crippen LogP contribution in [-0.4, -0.2) is 25.2 Å². The van der Waals surface area contributed by atoms with Gasteiger partial charge in [-0.1, -0.05) is 65.8 Å². The fraction of sp³-hybridized carbons (Fsp3) is 0.500. The Kier molecular flexibility index (Phi) is 9.66. The first-order valence-electron chi connectivity index (χ1n) is 10.2. The number of rotatable bonds is 9. The summed E-state index contributed by atoms with van der Waals surface area (Å²) in [7, 11) is 0. The number of hydrogen-bond donors (Lipinski definition) is 1. The zero-order valence-electron chi connectivity index (χ0n) is 18.8. The van der Waals surface area contributed by atoms with E-state index in [1.165, 1.54) is 11.1 Å². The molecule has 1 amide bonds. The SMILES string of the molecule is C=C(C)C(=O)OCCNC(=O)Oc1ccc(C(=C(C(C)C)C(C)C)C(C)C)cc1.[HH]. The van der Waals surface area contributed by atoms with Crippen molar-refractivity contribution in [3.63, 3.8) is 0 Å². The Morgan fingerprint density at radius 3 is 2.00 bits per heavy atom. The standard InChI is InChI=1S/C24H35NO4.H2/c1-15(2)21(16(3)4)22(17(5)6)19-9-11-20(12-10-19)29-24(27)25-13-14-28-23(26)18(7)8;/h9-12,15-17H,7,13-14H2,1-6,8H3,(H,25,27);1H. The van der Waals surface area contributed by atoms with Crippen molar-refractivity contribution in [1.29, 1.82) is 0 Å². The highest BCUT2D eigenvalue weighted by Gasteiger charge is 2.18. The lowest BCUT2D eigenvalue weighted by Gasteiger charge is -2.25. The molecule has 0 aromatic heterocycles. The number of ether oxygens (including phenoxy) is 2. The van der Waals surface area contributed by atoms with E-state index in [-0.39, 0.29) is 14.6 Å². The largest absolute Gasteiger partial charge is 0.460 e. The van der Waals surface area contributed by atoms with E-state index in [1.807, 2.05) is 12.1 Å². The molecule has 1 aromatic carbocycles. The summed E-state index contributed by atoms with van der Waals surface area (Å²) < 4.78 is 10.2. The molecule has 0 aliphatic rings. The van der Waals surface area contributed by atoms with Crippen LogP contribution in [0.2, 0.25) is 0 Å². The van der Waals surface area contributed by atoms with Gasteiger partial charge < -0.3 is 14.8 Å². The Labute approximate surface area is 176 Å². The summed E-state index contributed by atoms with van der Waals surface area (Å²) in [5, 5.41) is 2.55. The van der Waals surface area contributed by atoms with Crippen molar-refractivity contribution >= 4 is 17.6 Å². The summed E-state index contributed by atoms with van der Waals surface area (Å²) in [5.41, 5.74) is 4.28. The fourth-order valence-corrected chi connectivity index (χ4v) is 3.39. The average molecular weight is 404 g/mol. The molecule has 0 atom stereocenters. The molecule has 1 N–H and O–H groups in total. The molecule has 0 aliphatic carbocycles. The van der Waals surface area contributed by atoms with Crippen molar-refractivity contribution in [2.24, 2.45) is 17.8 Å². The van der Waals surface area contributed by atoms with Gasteiger partial charge in [0.15, 0.2) is 0 Å². The van der Waals surface area contributed by atoms with Crippen LogP contribution in [0.3, 0.4) is 0 Å². The third-order valence-electron chi connectivity index (χ3n) is 4.46. The smallest absolute Gasteiger partial charge is 0.412 e. The highest BCUT2D eigenvalue weighted by atomic mass is 16.6. The second-order valence-corrected chi connectivity index (χ2v) is 8.09. The molecule has 0 radical (unpaired) electrons. The number of esters is 1. The molecule has 162 valence electrons. The van der Waals surface area contributed by atoms with E-state index in [0.29, 0.717) is 29.1 Å². The Balaban J connectivity index is 0.00000841. The van der Waals surface area contributed by atoms with Gasteiger partial charge in [-0.2, -0.15) is 0 Å².